The average molecular weight is 282 g/mol. The standard InChI is InChI=1S/C8H12ClN3O4S/c1-5(8(13)14)12(3)17(15,16)7-6(9)4-10-11(7)2/h4-5H,1-3H3,(H,13,14). The second kappa shape index (κ2) is 4.63. The number of carbonyl (C=O) groups is 1. The van der Waals surface area contributed by atoms with Gasteiger partial charge in [0.15, 0.2) is 5.03 Å². The van der Waals surface area contributed by atoms with Crippen molar-refractivity contribution in [3.8, 4) is 0 Å². The largest absolute Gasteiger partial charge is 0.480 e. The number of carboxylic acids is 1. The van der Waals surface area contributed by atoms with E-state index in [2.05, 4.69) is 5.10 Å². The number of aromatic nitrogens is 2. The number of sulfonamides is 1. The fourth-order valence-electron chi connectivity index (χ4n) is 1.19. The van der Waals surface area contributed by atoms with Gasteiger partial charge in [-0.3, -0.25) is 9.48 Å². The SMILES string of the molecule is CC(C(=O)O)N(C)S(=O)(=O)c1c(Cl)cnn1C. The van der Waals surface area contributed by atoms with E-state index in [4.69, 9.17) is 16.7 Å². The summed E-state index contributed by atoms with van der Waals surface area (Å²) in [6.45, 7) is 1.27. The van der Waals surface area contributed by atoms with Crippen LogP contribution >= 0.6 is 11.6 Å². The summed E-state index contributed by atoms with van der Waals surface area (Å²) in [6.07, 6.45) is 1.19. The van der Waals surface area contributed by atoms with Crippen LogP contribution in [0, 0.1) is 0 Å². The van der Waals surface area contributed by atoms with Gasteiger partial charge >= 0.3 is 5.97 Å². The lowest BCUT2D eigenvalue weighted by Crippen LogP contribution is -2.40. The lowest BCUT2D eigenvalue weighted by atomic mass is 10.4. The molecule has 0 bridgehead atoms. The highest BCUT2D eigenvalue weighted by atomic mass is 35.5. The highest BCUT2D eigenvalue weighted by molar-refractivity contribution is 7.89. The van der Waals surface area contributed by atoms with Crippen molar-refractivity contribution in [3.63, 3.8) is 0 Å². The third-order valence-electron chi connectivity index (χ3n) is 2.37. The molecule has 1 rings (SSSR count). The molecule has 1 unspecified atom stereocenters. The Morgan fingerprint density at radius 2 is 2.18 bits per heavy atom. The van der Waals surface area contributed by atoms with Crippen molar-refractivity contribution in [1.29, 1.82) is 0 Å². The van der Waals surface area contributed by atoms with E-state index in [1.54, 1.807) is 0 Å². The lowest BCUT2D eigenvalue weighted by Gasteiger charge is -2.20. The molecule has 0 saturated heterocycles. The maximum absolute atomic E-state index is 12.1. The Morgan fingerprint density at radius 1 is 1.65 bits per heavy atom. The first-order chi connectivity index (χ1) is 7.69. The van der Waals surface area contributed by atoms with Crippen LogP contribution in [0.4, 0.5) is 0 Å². The quantitative estimate of drug-likeness (QED) is 0.849. The van der Waals surface area contributed by atoms with Crippen molar-refractivity contribution in [3.05, 3.63) is 11.2 Å². The molecule has 17 heavy (non-hydrogen) atoms. The maximum atomic E-state index is 12.1. The van der Waals surface area contributed by atoms with E-state index in [1.165, 1.54) is 27.2 Å². The summed E-state index contributed by atoms with van der Waals surface area (Å²) in [5.41, 5.74) is 0. The van der Waals surface area contributed by atoms with E-state index in [1.807, 2.05) is 0 Å². The number of rotatable bonds is 4. The van der Waals surface area contributed by atoms with Crippen LogP contribution in [-0.4, -0.2) is 46.7 Å². The second-order valence-electron chi connectivity index (χ2n) is 3.46. The van der Waals surface area contributed by atoms with Crippen molar-refractivity contribution in [2.75, 3.05) is 7.05 Å². The van der Waals surface area contributed by atoms with Gasteiger partial charge < -0.3 is 5.11 Å². The highest BCUT2D eigenvalue weighted by Crippen LogP contribution is 2.23. The zero-order valence-electron chi connectivity index (χ0n) is 9.45. The molecule has 0 radical (unpaired) electrons. The molecule has 7 nitrogen and oxygen atoms in total. The molecule has 0 saturated carbocycles. The summed E-state index contributed by atoms with van der Waals surface area (Å²) < 4.78 is 26.0. The van der Waals surface area contributed by atoms with Crippen LogP contribution in [0.1, 0.15) is 6.92 Å². The number of nitrogens with zero attached hydrogens (tertiary/aromatic N) is 3. The summed E-state index contributed by atoms with van der Waals surface area (Å²) in [7, 11) is -1.39. The molecular weight excluding hydrogens is 270 g/mol. The van der Waals surface area contributed by atoms with E-state index >= 15 is 0 Å². The molecular formula is C8H12ClN3O4S. The molecule has 1 aromatic rings. The van der Waals surface area contributed by atoms with Gasteiger partial charge in [0.25, 0.3) is 10.0 Å². The van der Waals surface area contributed by atoms with E-state index < -0.39 is 22.0 Å². The second-order valence-corrected chi connectivity index (χ2v) is 5.78. The normalized spacial score (nSPS) is 13.9. The maximum Gasteiger partial charge on any atom is 0.321 e. The third-order valence-corrected chi connectivity index (χ3v) is 4.80. The van der Waals surface area contributed by atoms with E-state index in [-0.39, 0.29) is 10.0 Å². The zero-order valence-corrected chi connectivity index (χ0v) is 11.0. The van der Waals surface area contributed by atoms with Gasteiger partial charge in [0.1, 0.15) is 6.04 Å². The summed E-state index contributed by atoms with van der Waals surface area (Å²) in [4.78, 5) is 10.8. The molecule has 0 aliphatic carbocycles. The van der Waals surface area contributed by atoms with Gasteiger partial charge in [0, 0.05) is 14.1 Å². The number of halogens is 1. The predicted octanol–water partition coefficient (Wildman–Crippen LogP) is 0.167. The summed E-state index contributed by atoms with van der Waals surface area (Å²) in [5, 5.41) is 12.2. The van der Waals surface area contributed by atoms with Gasteiger partial charge in [0.05, 0.1) is 11.2 Å². The molecule has 9 heteroatoms. The number of carboxylic acid groups (broad SMARTS) is 1. The number of hydrogen-bond acceptors (Lipinski definition) is 4. The molecule has 0 aromatic carbocycles. The highest BCUT2D eigenvalue weighted by Gasteiger charge is 2.33. The first-order valence-electron chi connectivity index (χ1n) is 4.58. The molecule has 1 aromatic heterocycles. The van der Waals surface area contributed by atoms with Gasteiger partial charge in [-0.05, 0) is 6.92 Å². The minimum Gasteiger partial charge on any atom is -0.480 e. The lowest BCUT2D eigenvalue weighted by molar-refractivity contribution is -0.140. The Bertz CT molecular complexity index is 519. The minimum atomic E-state index is -3.98. The van der Waals surface area contributed by atoms with Gasteiger partial charge in [-0.2, -0.15) is 9.40 Å². The number of aliphatic carboxylic acids is 1. The van der Waals surface area contributed by atoms with E-state index in [0.29, 0.717) is 0 Å². The Balaban J connectivity index is 3.26. The van der Waals surface area contributed by atoms with Crippen LogP contribution in [0.15, 0.2) is 11.2 Å². The molecule has 1 heterocycles. The fraction of sp³-hybridized carbons (Fsp3) is 0.500. The Labute approximate surface area is 104 Å². The summed E-state index contributed by atoms with van der Waals surface area (Å²) >= 11 is 5.72. The molecule has 0 spiro atoms. The summed E-state index contributed by atoms with van der Waals surface area (Å²) in [5.74, 6) is -1.24. The number of likely N-dealkylation sites (N-methyl/N-ethyl adjacent to an activating group) is 1. The summed E-state index contributed by atoms with van der Waals surface area (Å²) in [6, 6.07) is -1.19. The monoisotopic (exact) mass is 281 g/mol. The van der Waals surface area contributed by atoms with E-state index in [0.717, 1.165) is 8.99 Å². The molecule has 0 fully saturated rings. The van der Waals surface area contributed by atoms with Crippen LogP contribution in [0.25, 0.3) is 0 Å². The smallest absolute Gasteiger partial charge is 0.321 e. The topological polar surface area (TPSA) is 92.5 Å². The predicted molar refractivity (Wildman–Crippen MR) is 60.3 cm³/mol. The van der Waals surface area contributed by atoms with Gasteiger partial charge in [-0.25, -0.2) is 8.42 Å². The molecule has 0 aliphatic heterocycles. The van der Waals surface area contributed by atoms with E-state index in [9.17, 15) is 13.2 Å². The third kappa shape index (κ3) is 2.43. The zero-order chi connectivity index (χ0) is 13.4. The Kier molecular flexibility index (Phi) is 3.80. The average Bonchev–Trinajstić information content (AvgIpc) is 2.56. The van der Waals surface area contributed by atoms with Crippen molar-refractivity contribution < 1.29 is 18.3 Å². The fourth-order valence-corrected chi connectivity index (χ4v) is 3.11. The van der Waals surface area contributed by atoms with Crippen LogP contribution in [0.3, 0.4) is 0 Å². The van der Waals surface area contributed by atoms with Crippen molar-refractivity contribution in [1.82, 2.24) is 14.1 Å². The van der Waals surface area contributed by atoms with Crippen LogP contribution in [-0.2, 0) is 21.9 Å². The number of hydrogen-bond donors (Lipinski definition) is 1. The van der Waals surface area contributed by atoms with Crippen LogP contribution in [0.5, 0.6) is 0 Å². The molecule has 1 N–H and O–H groups in total. The molecule has 0 amide bonds. The molecule has 0 aliphatic rings. The Morgan fingerprint density at radius 3 is 2.53 bits per heavy atom. The van der Waals surface area contributed by atoms with Gasteiger partial charge in [-0.15, -0.1) is 0 Å². The van der Waals surface area contributed by atoms with Crippen LogP contribution in [0.2, 0.25) is 5.02 Å². The molecule has 1 atom stereocenters. The first kappa shape index (κ1) is 13.9. The van der Waals surface area contributed by atoms with Gasteiger partial charge in [-0.1, -0.05) is 11.6 Å². The van der Waals surface area contributed by atoms with Crippen molar-refractivity contribution >= 4 is 27.6 Å². The van der Waals surface area contributed by atoms with Crippen molar-refractivity contribution in [2.45, 2.75) is 18.0 Å². The van der Waals surface area contributed by atoms with Crippen LogP contribution < -0.4 is 0 Å². The van der Waals surface area contributed by atoms with Crippen molar-refractivity contribution in [2.24, 2.45) is 7.05 Å². The van der Waals surface area contributed by atoms with Gasteiger partial charge in [0.2, 0.25) is 0 Å². The minimum absolute atomic E-state index is 0.0445. The number of aryl methyl sites for hydroxylation is 1. The Hall–Kier alpha value is -1.12. The first-order valence-corrected chi connectivity index (χ1v) is 6.39. The molecule has 96 valence electrons.